The molecule has 4 heteroatoms. The molecule has 1 aromatic heterocycles. The molecule has 17 heavy (non-hydrogen) atoms. The predicted molar refractivity (Wildman–Crippen MR) is 66.8 cm³/mol. The molecule has 2 rings (SSSR count). The number of rotatable bonds is 3. The summed E-state index contributed by atoms with van der Waals surface area (Å²) < 4.78 is 2.06. The van der Waals surface area contributed by atoms with E-state index in [1.54, 1.807) is 0 Å². The lowest BCUT2D eigenvalue weighted by atomic mass is 9.93. The molecule has 0 saturated heterocycles. The highest BCUT2D eigenvalue weighted by molar-refractivity contribution is 5.87. The van der Waals surface area contributed by atoms with E-state index in [-0.39, 0.29) is 11.9 Å². The Hall–Kier alpha value is -1.58. The van der Waals surface area contributed by atoms with E-state index in [0.717, 1.165) is 19.3 Å². The highest BCUT2D eigenvalue weighted by Gasteiger charge is 2.23. The van der Waals surface area contributed by atoms with Gasteiger partial charge in [0.1, 0.15) is 0 Å². The monoisotopic (exact) mass is 233 g/mol. The van der Waals surface area contributed by atoms with E-state index in [2.05, 4.69) is 35.5 Å². The second-order valence-corrected chi connectivity index (χ2v) is 4.81. The zero-order chi connectivity index (χ0) is 12.4. The average molecular weight is 233 g/mol. The smallest absolute Gasteiger partial charge is 0.243 e. The van der Waals surface area contributed by atoms with Gasteiger partial charge in [-0.2, -0.15) is 5.10 Å². The molecule has 1 amide bonds. The predicted octanol–water partition coefficient (Wildman–Crippen LogP) is 1.62. The summed E-state index contributed by atoms with van der Waals surface area (Å²) in [6, 6.07) is 0.579. The second-order valence-electron chi connectivity index (χ2n) is 4.81. The first-order valence-corrected chi connectivity index (χ1v) is 6.10. The van der Waals surface area contributed by atoms with Gasteiger partial charge in [-0.15, -0.1) is 0 Å². The van der Waals surface area contributed by atoms with Crippen LogP contribution in [0.1, 0.15) is 37.6 Å². The Labute approximate surface area is 102 Å². The largest absolute Gasteiger partial charge is 0.349 e. The SMILES string of the molecule is C=CC(=O)N[C@H]1CCc2cnn(C(C)C)c2C1. The van der Waals surface area contributed by atoms with Crippen molar-refractivity contribution < 1.29 is 4.79 Å². The molecule has 1 N–H and O–H groups in total. The molecule has 0 unspecified atom stereocenters. The van der Waals surface area contributed by atoms with Gasteiger partial charge in [-0.25, -0.2) is 0 Å². The van der Waals surface area contributed by atoms with E-state index < -0.39 is 0 Å². The number of carbonyl (C=O) groups is 1. The fourth-order valence-corrected chi connectivity index (χ4v) is 2.35. The first kappa shape index (κ1) is 11.9. The standard InChI is InChI=1S/C13H19N3O/c1-4-13(17)15-11-6-5-10-8-14-16(9(2)3)12(10)7-11/h4,8-9,11H,1,5-7H2,2-3H3,(H,15,17)/t11-/m0/s1. The summed E-state index contributed by atoms with van der Waals surface area (Å²) in [7, 11) is 0. The van der Waals surface area contributed by atoms with Gasteiger partial charge in [-0.05, 0) is 38.3 Å². The van der Waals surface area contributed by atoms with E-state index in [4.69, 9.17) is 0 Å². The van der Waals surface area contributed by atoms with Gasteiger partial charge in [0.05, 0.1) is 6.20 Å². The minimum absolute atomic E-state index is 0.0888. The van der Waals surface area contributed by atoms with Crippen molar-refractivity contribution in [2.24, 2.45) is 0 Å². The molecule has 4 nitrogen and oxygen atoms in total. The maximum absolute atomic E-state index is 11.3. The van der Waals surface area contributed by atoms with Crippen LogP contribution in [-0.4, -0.2) is 21.7 Å². The van der Waals surface area contributed by atoms with Crippen molar-refractivity contribution in [3.63, 3.8) is 0 Å². The Morgan fingerprint density at radius 1 is 1.71 bits per heavy atom. The summed E-state index contributed by atoms with van der Waals surface area (Å²) in [6.07, 6.45) is 6.13. The van der Waals surface area contributed by atoms with Crippen LogP contribution in [0.15, 0.2) is 18.9 Å². The number of carbonyl (C=O) groups excluding carboxylic acids is 1. The molecule has 0 bridgehead atoms. The Morgan fingerprint density at radius 3 is 3.12 bits per heavy atom. The summed E-state index contributed by atoms with van der Waals surface area (Å²) in [5.74, 6) is -0.0888. The second kappa shape index (κ2) is 4.73. The van der Waals surface area contributed by atoms with Gasteiger partial charge in [0.15, 0.2) is 0 Å². The van der Waals surface area contributed by atoms with Crippen molar-refractivity contribution >= 4 is 5.91 Å². The quantitative estimate of drug-likeness (QED) is 0.806. The normalized spacial score (nSPS) is 18.9. The minimum atomic E-state index is -0.0888. The number of amides is 1. The van der Waals surface area contributed by atoms with Crippen molar-refractivity contribution in [1.29, 1.82) is 0 Å². The van der Waals surface area contributed by atoms with Gasteiger partial charge in [0.25, 0.3) is 0 Å². The van der Waals surface area contributed by atoms with E-state index in [1.807, 2.05) is 6.20 Å². The topological polar surface area (TPSA) is 46.9 Å². The summed E-state index contributed by atoms with van der Waals surface area (Å²) in [5.41, 5.74) is 2.59. The summed E-state index contributed by atoms with van der Waals surface area (Å²) in [5, 5.41) is 7.38. The van der Waals surface area contributed by atoms with Gasteiger partial charge < -0.3 is 5.32 Å². The lowest BCUT2D eigenvalue weighted by molar-refractivity contribution is -0.117. The maximum atomic E-state index is 11.3. The molecule has 1 aliphatic carbocycles. The van der Waals surface area contributed by atoms with Crippen LogP contribution in [0.3, 0.4) is 0 Å². The molecular formula is C13H19N3O. The third-order valence-electron chi connectivity index (χ3n) is 3.21. The average Bonchev–Trinajstić information content (AvgIpc) is 2.71. The first-order valence-electron chi connectivity index (χ1n) is 6.10. The molecule has 1 aliphatic rings. The molecule has 1 heterocycles. The van der Waals surface area contributed by atoms with Crippen LogP contribution in [0.5, 0.6) is 0 Å². The Kier molecular flexibility index (Phi) is 3.31. The van der Waals surface area contributed by atoms with E-state index in [1.165, 1.54) is 17.3 Å². The van der Waals surface area contributed by atoms with Gasteiger partial charge in [-0.3, -0.25) is 9.48 Å². The number of fused-ring (bicyclic) bond motifs is 1. The van der Waals surface area contributed by atoms with Crippen LogP contribution in [0.2, 0.25) is 0 Å². The number of aryl methyl sites for hydroxylation is 1. The summed E-state index contributed by atoms with van der Waals surface area (Å²) in [4.78, 5) is 11.3. The molecule has 0 aliphatic heterocycles. The van der Waals surface area contributed by atoms with Gasteiger partial charge in [0.2, 0.25) is 5.91 Å². The number of nitrogens with one attached hydrogen (secondary N) is 1. The van der Waals surface area contributed by atoms with Crippen LogP contribution < -0.4 is 5.32 Å². The lowest BCUT2D eigenvalue weighted by Crippen LogP contribution is -2.38. The van der Waals surface area contributed by atoms with Gasteiger partial charge >= 0.3 is 0 Å². The van der Waals surface area contributed by atoms with E-state index >= 15 is 0 Å². The lowest BCUT2D eigenvalue weighted by Gasteiger charge is -2.24. The van der Waals surface area contributed by atoms with Gasteiger partial charge in [0, 0.05) is 24.2 Å². The molecule has 0 fully saturated rings. The fraction of sp³-hybridized carbons (Fsp3) is 0.538. The molecule has 92 valence electrons. The van der Waals surface area contributed by atoms with Crippen LogP contribution in [0, 0.1) is 0 Å². The molecular weight excluding hydrogens is 214 g/mol. The number of hydrogen-bond acceptors (Lipinski definition) is 2. The van der Waals surface area contributed by atoms with Gasteiger partial charge in [-0.1, -0.05) is 6.58 Å². The minimum Gasteiger partial charge on any atom is -0.349 e. The number of nitrogens with zero attached hydrogens (tertiary/aromatic N) is 2. The maximum Gasteiger partial charge on any atom is 0.243 e. The Balaban J connectivity index is 2.14. The van der Waals surface area contributed by atoms with Crippen LogP contribution in [0.25, 0.3) is 0 Å². The molecule has 0 spiro atoms. The van der Waals surface area contributed by atoms with E-state index in [0.29, 0.717) is 6.04 Å². The molecule has 0 aromatic carbocycles. The highest BCUT2D eigenvalue weighted by atomic mass is 16.1. The van der Waals surface area contributed by atoms with E-state index in [9.17, 15) is 4.79 Å². The highest BCUT2D eigenvalue weighted by Crippen LogP contribution is 2.23. The van der Waals surface area contributed by atoms with Crippen molar-refractivity contribution in [3.05, 3.63) is 30.1 Å². The van der Waals surface area contributed by atoms with Crippen molar-refractivity contribution in [1.82, 2.24) is 15.1 Å². The molecule has 1 aromatic rings. The Bertz CT molecular complexity index is 434. The summed E-state index contributed by atoms with van der Waals surface area (Å²) in [6.45, 7) is 7.73. The fourth-order valence-electron chi connectivity index (χ4n) is 2.35. The molecule has 1 atom stereocenters. The number of hydrogen-bond donors (Lipinski definition) is 1. The third kappa shape index (κ3) is 2.40. The molecule has 0 radical (unpaired) electrons. The number of aromatic nitrogens is 2. The zero-order valence-corrected chi connectivity index (χ0v) is 10.4. The van der Waals surface area contributed by atoms with Crippen LogP contribution in [-0.2, 0) is 17.6 Å². The third-order valence-corrected chi connectivity index (χ3v) is 3.21. The Morgan fingerprint density at radius 2 is 2.47 bits per heavy atom. The summed E-state index contributed by atoms with van der Waals surface area (Å²) >= 11 is 0. The van der Waals surface area contributed by atoms with Crippen molar-refractivity contribution in [3.8, 4) is 0 Å². The van der Waals surface area contributed by atoms with Crippen LogP contribution in [0.4, 0.5) is 0 Å². The zero-order valence-electron chi connectivity index (χ0n) is 10.4. The van der Waals surface area contributed by atoms with Crippen molar-refractivity contribution in [2.75, 3.05) is 0 Å². The molecule has 0 saturated carbocycles. The van der Waals surface area contributed by atoms with Crippen molar-refractivity contribution in [2.45, 2.75) is 45.2 Å². The first-order chi connectivity index (χ1) is 8.11. The van der Waals surface area contributed by atoms with Crippen LogP contribution >= 0.6 is 0 Å².